The number of aromatic hydroxyl groups is 5. The molecule has 1 aliphatic heterocycles. The van der Waals surface area contributed by atoms with E-state index in [1.807, 2.05) is 0 Å². The van der Waals surface area contributed by atoms with E-state index in [2.05, 4.69) is 0 Å². The fourth-order valence-electron chi connectivity index (χ4n) is 3.00. The van der Waals surface area contributed by atoms with Gasteiger partial charge in [-0.05, 0) is 41.5 Å². The molecular formula is C21H14O7. The van der Waals surface area contributed by atoms with E-state index in [1.54, 1.807) is 12.1 Å². The molecule has 0 aliphatic carbocycles. The first-order valence-electron chi connectivity index (χ1n) is 8.19. The standard InChI is InChI=1S/C21H14O7/c22-12-4-1-10(2-5-12)7-17-20(26)19-16(28-17)9-15(25)18(21(19)27)11-3-6-13(23)14(24)8-11/h1-9,22-25,27H/b17-7-. The number of hydrogen-bond acceptors (Lipinski definition) is 7. The molecule has 0 bridgehead atoms. The number of Topliss-reactive ketones (excluding diaryl/α,β-unsaturated/α-hetero) is 1. The van der Waals surface area contributed by atoms with Gasteiger partial charge in [-0.3, -0.25) is 4.79 Å². The van der Waals surface area contributed by atoms with Gasteiger partial charge in [-0.1, -0.05) is 18.2 Å². The van der Waals surface area contributed by atoms with Crippen molar-refractivity contribution in [2.24, 2.45) is 0 Å². The molecule has 3 aromatic carbocycles. The Morgan fingerprint density at radius 2 is 1.46 bits per heavy atom. The zero-order chi connectivity index (χ0) is 20.0. The molecule has 0 amide bonds. The van der Waals surface area contributed by atoms with Crippen LogP contribution in [-0.4, -0.2) is 31.3 Å². The van der Waals surface area contributed by atoms with Crippen molar-refractivity contribution in [2.45, 2.75) is 0 Å². The minimum atomic E-state index is -0.579. The Labute approximate surface area is 158 Å². The predicted molar refractivity (Wildman–Crippen MR) is 99.6 cm³/mol. The Kier molecular flexibility index (Phi) is 3.85. The molecule has 3 aromatic rings. The summed E-state index contributed by atoms with van der Waals surface area (Å²) in [6, 6.07) is 11.0. The van der Waals surface area contributed by atoms with Crippen LogP contribution in [0.5, 0.6) is 34.5 Å². The lowest BCUT2D eigenvalue weighted by Gasteiger charge is -2.11. The van der Waals surface area contributed by atoms with Gasteiger partial charge in [0.25, 0.3) is 0 Å². The molecule has 0 radical (unpaired) electrons. The van der Waals surface area contributed by atoms with Crippen molar-refractivity contribution in [3.63, 3.8) is 0 Å². The minimum absolute atomic E-state index is 0.00298. The molecule has 7 nitrogen and oxygen atoms in total. The molecule has 1 heterocycles. The second-order valence-electron chi connectivity index (χ2n) is 6.23. The van der Waals surface area contributed by atoms with Crippen LogP contribution in [0, 0.1) is 0 Å². The maximum Gasteiger partial charge on any atom is 0.235 e. The molecule has 5 N–H and O–H groups in total. The maximum atomic E-state index is 12.7. The molecule has 0 unspecified atom stereocenters. The van der Waals surface area contributed by atoms with Crippen LogP contribution in [0.3, 0.4) is 0 Å². The first-order chi connectivity index (χ1) is 13.3. The molecule has 0 saturated carbocycles. The van der Waals surface area contributed by atoms with Gasteiger partial charge in [-0.2, -0.15) is 0 Å². The van der Waals surface area contributed by atoms with E-state index in [0.717, 1.165) is 6.07 Å². The van der Waals surface area contributed by atoms with Crippen molar-refractivity contribution in [2.75, 3.05) is 0 Å². The van der Waals surface area contributed by atoms with Crippen molar-refractivity contribution in [1.29, 1.82) is 0 Å². The number of phenols is 5. The third-order valence-electron chi connectivity index (χ3n) is 4.37. The number of benzene rings is 3. The van der Waals surface area contributed by atoms with E-state index in [4.69, 9.17) is 4.74 Å². The maximum absolute atomic E-state index is 12.7. The third kappa shape index (κ3) is 2.75. The normalized spacial score (nSPS) is 14.1. The Morgan fingerprint density at radius 1 is 0.750 bits per heavy atom. The van der Waals surface area contributed by atoms with E-state index >= 15 is 0 Å². The highest BCUT2D eigenvalue weighted by molar-refractivity contribution is 6.17. The van der Waals surface area contributed by atoms with Gasteiger partial charge in [-0.25, -0.2) is 0 Å². The largest absolute Gasteiger partial charge is 0.508 e. The number of fused-ring (bicyclic) bond motifs is 1. The Morgan fingerprint density at radius 3 is 2.14 bits per heavy atom. The molecular weight excluding hydrogens is 364 g/mol. The lowest BCUT2D eigenvalue weighted by molar-refractivity contribution is 0.101. The van der Waals surface area contributed by atoms with Crippen LogP contribution in [0.1, 0.15) is 15.9 Å². The topological polar surface area (TPSA) is 127 Å². The average Bonchev–Trinajstić information content (AvgIpc) is 2.95. The van der Waals surface area contributed by atoms with Crippen LogP contribution in [0.15, 0.2) is 54.3 Å². The van der Waals surface area contributed by atoms with Crippen LogP contribution in [0.2, 0.25) is 0 Å². The summed E-state index contributed by atoms with van der Waals surface area (Å²) in [7, 11) is 0. The minimum Gasteiger partial charge on any atom is -0.508 e. The lowest BCUT2D eigenvalue weighted by atomic mass is 9.97. The van der Waals surface area contributed by atoms with Gasteiger partial charge in [0.15, 0.2) is 17.3 Å². The Bertz CT molecular complexity index is 1140. The first kappa shape index (κ1) is 17.3. The van der Waals surface area contributed by atoms with Crippen LogP contribution < -0.4 is 4.74 Å². The van der Waals surface area contributed by atoms with Crippen molar-refractivity contribution < 1.29 is 35.1 Å². The zero-order valence-corrected chi connectivity index (χ0v) is 14.2. The summed E-state index contributed by atoms with van der Waals surface area (Å²) in [6.07, 6.45) is 1.45. The quantitative estimate of drug-likeness (QED) is 0.341. The molecule has 140 valence electrons. The highest BCUT2D eigenvalue weighted by atomic mass is 16.5. The number of hydrogen-bond donors (Lipinski definition) is 5. The average molecular weight is 378 g/mol. The zero-order valence-electron chi connectivity index (χ0n) is 14.2. The summed E-state index contributed by atoms with van der Waals surface area (Å²) in [6.45, 7) is 0. The molecule has 0 spiro atoms. The van der Waals surface area contributed by atoms with E-state index in [1.165, 1.54) is 36.4 Å². The van der Waals surface area contributed by atoms with Gasteiger partial charge in [0.05, 0.1) is 5.56 Å². The van der Waals surface area contributed by atoms with Crippen LogP contribution in [0.25, 0.3) is 17.2 Å². The summed E-state index contributed by atoms with van der Waals surface area (Å²) < 4.78 is 5.49. The van der Waals surface area contributed by atoms with Crippen LogP contribution in [0.4, 0.5) is 0 Å². The van der Waals surface area contributed by atoms with Gasteiger partial charge >= 0.3 is 0 Å². The Hall–Kier alpha value is -4.13. The summed E-state index contributed by atoms with van der Waals surface area (Å²) in [5, 5.41) is 49.4. The second kappa shape index (κ2) is 6.24. The highest BCUT2D eigenvalue weighted by Gasteiger charge is 2.34. The Balaban J connectivity index is 1.80. The summed E-state index contributed by atoms with van der Waals surface area (Å²) in [5.74, 6) is -2.22. The molecule has 1 aliphatic rings. The highest BCUT2D eigenvalue weighted by Crippen LogP contribution is 2.49. The van der Waals surface area contributed by atoms with Crippen molar-refractivity contribution >= 4 is 11.9 Å². The molecule has 28 heavy (non-hydrogen) atoms. The van der Waals surface area contributed by atoms with Gasteiger partial charge < -0.3 is 30.3 Å². The van der Waals surface area contributed by atoms with E-state index in [0.29, 0.717) is 5.56 Å². The molecule has 0 fully saturated rings. The van der Waals surface area contributed by atoms with E-state index in [9.17, 15) is 30.3 Å². The molecule has 0 saturated heterocycles. The smallest absolute Gasteiger partial charge is 0.235 e. The van der Waals surface area contributed by atoms with Gasteiger partial charge in [0.2, 0.25) is 5.78 Å². The van der Waals surface area contributed by atoms with Crippen molar-refractivity contribution in [3.05, 3.63) is 65.4 Å². The number of ether oxygens (including phenoxy) is 1. The van der Waals surface area contributed by atoms with Crippen LogP contribution >= 0.6 is 0 Å². The van der Waals surface area contributed by atoms with Crippen molar-refractivity contribution in [1.82, 2.24) is 0 Å². The molecule has 0 aromatic heterocycles. The van der Waals surface area contributed by atoms with Gasteiger partial charge in [-0.15, -0.1) is 0 Å². The number of carbonyl (C=O) groups excluding carboxylic acids is 1. The van der Waals surface area contributed by atoms with E-state index in [-0.39, 0.29) is 45.4 Å². The summed E-state index contributed by atoms with van der Waals surface area (Å²) in [5.41, 5.74) is 0.612. The molecule has 4 rings (SSSR count). The number of phenolic OH excluding ortho intramolecular Hbond substituents is 5. The molecule has 0 atom stereocenters. The van der Waals surface area contributed by atoms with E-state index < -0.39 is 17.3 Å². The van der Waals surface area contributed by atoms with Crippen LogP contribution in [-0.2, 0) is 0 Å². The number of ketones is 1. The molecule has 7 heteroatoms. The fraction of sp³-hybridized carbons (Fsp3) is 0. The summed E-state index contributed by atoms with van der Waals surface area (Å²) in [4.78, 5) is 12.7. The second-order valence-corrected chi connectivity index (χ2v) is 6.23. The monoisotopic (exact) mass is 378 g/mol. The first-order valence-corrected chi connectivity index (χ1v) is 8.19. The number of rotatable bonds is 2. The summed E-state index contributed by atoms with van der Waals surface area (Å²) >= 11 is 0. The lowest BCUT2D eigenvalue weighted by Crippen LogP contribution is -1.98. The SMILES string of the molecule is O=C1/C(=C/c2ccc(O)cc2)Oc2cc(O)c(-c3ccc(O)c(O)c3)c(O)c21. The number of carbonyl (C=O) groups is 1. The number of allylic oxidation sites excluding steroid dienone is 1. The predicted octanol–water partition coefficient (Wildman–Crippen LogP) is 3.50. The third-order valence-corrected chi connectivity index (χ3v) is 4.37. The van der Waals surface area contributed by atoms with Gasteiger partial charge in [0.1, 0.15) is 28.6 Å². The van der Waals surface area contributed by atoms with Gasteiger partial charge in [0, 0.05) is 6.07 Å². The van der Waals surface area contributed by atoms with Crippen molar-refractivity contribution in [3.8, 4) is 45.6 Å². The fourth-order valence-corrected chi connectivity index (χ4v) is 3.00.